The van der Waals surface area contributed by atoms with E-state index in [9.17, 15) is 0 Å². The Morgan fingerprint density at radius 3 is 2.39 bits per heavy atom. The molecule has 0 aromatic heterocycles. The van der Waals surface area contributed by atoms with Gasteiger partial charge < -0.3 is 10.2 Å². The van der Waals surface area contributed by atoms with E-state index in [0.717, 1.165) is 13.1 Å². The van der Waals surface area contributed by atoms with E-state index in [1.54, 1.807) is 0 Å². The van der Waals surface area contributed by atoms with Gasteiger partial charge in [-0.15, -0.1) is 0 Å². The van der Waals surface area contributed by atoms with Crippen LogP contribution in [0.15, 0.2) is 24.3 Å². The summed E-state index contributed by atoms with van der Waals surface area (Å²) in [7, 11) is 2.07. The van der Waals surface area contributed by atoms with E-state index in [4.69, 9.17) is 0 Å². The molecule has 18 heavy (non-hydrogen) atoms. The number of nitrogens with one attached hydrogen (secondary N) is 1. The molecular weight excluding hydrogens is 220 g/mol. The van der Waals surface area contributed by atoms with E-state index in [1.807, 2.05) is 0 Å². The fourth-order valence-electron chi connectivity index (χ4n) is 2.39. The Hall–Kier alpha value is -1.02. The molecule has 0 saturated carbocycles. The van der Waals surface area contributed by atoms with Crippen molar-refractivity contribution in [3.8, 4) is 0 Å². The lowest BCUT2D eigenvalue weighted by atomic mass is 9.98. The third-order valence-corrected chi connectivity index (χ3v) is 3.96. The Kier molecular flexibility index (Phi) is 6.20. The van der Waals surface area contributed by atoms with Gasteiger partial charge in [-0.1, -0.05) is 38.5 Å². The van der Waals surface area contributed by atoms with Gasteiger partial charge in [0.05, 0.1) is 0 Å². The van der Waals surface area contributed by atoms with E-state index < -0.39 is 0 Å². The summed E-state index contributed by atoms with van der Waals surface area (Å²) in [6, 6.07) is 9.20. The van der Waals surface area contributed by atoms with E-state index in [-0.39, 0.29) is 0 Å². The van der Waals surface area contributed by atoms with Crippen LogP contribution in [0.3, 0.4) is 0 Å². The van der Waals surface area contributed by atoms with Gasteiger partial charge in [0.25, 0.3) is 0 Å². The van der Waals surface area contributed by atoms with Crippen LogP contribution in [0.25, 0.3) is 0 Å². The van der Waals surface area contributed by atoms with Gasteiger partial charge >= 0.3 is 0 Å². The number of hydrogen-bond acceptors (Lipinski definition) is 2. The van der Waals surface area contributed by atoms with Gasteiger partial charge in [0.1, 0.15) is 0 Å². The number of benzene rings is 1. The summed E-state index contributed by atoms with van der Waals surface area (Å²) in [5.74, 6) is 0.702. The van der Waals surface area contributed by atoms with Gasteiger partial charge in [-0.05, 0) is 38.4 Å². The number of anilines is 1. The molecule has 0 bridgehead atoms. The maximum Gasteiger partial charge on any atom is 0.0396 e. The van der Waals surface area contributed by atoms with E-state index >= 15 is 0 Å². The normalized spacial score (nSPS) is 14.3. The van der Waals surface area contributed by atoms with E-state index in [1.165, 1.54) is 17.7 Å². The molecular formula is C16H28N2. The summed E-state index contributed by atoms with van der Waals surface area (Å²) in [6.45, 7) is 11.1. The number of para-hydroxylation sites is 1. The molecule has 0 heterocycles. The summed E-state index contributed by atoms with van der Waals surface area (Å²) in [5.41, 5.74) is 2.72. The van der Waals surface area contributed by atoms with Crippen LogP contribution in [-0.2, 0) is 0 Å². The first-order valence-corrected chi connectivity index (χ1v) is 7.11. The van der Waals surface area contributed by atoms with Crippen LogP contribution in [0.1, 0.15) is 32.8 Å². The van der Waals surface area contributed by atoms with Gasteiger partial charge in [0, 0.05) is 24.8 Å². The average molecular weight is 248 g/mol. The first-order valence-electron chi connectivity index (χ1n) is 7.11. The number of likely N-dealkylation sites (N-methyl/N-ethyl adjacent to an activating group) is 2. The number of aryl methyl sites for hydroxylation is 1. The van der Waals surface area contributed by atoms with Crippen LogP contribution in [-0.4, -0.2) is 26.2 Å². The van der Waals surface area contributed by atoms with Crippen molar-refractivity contribution in [3.05, 3.63) is 29.8 Å². The molecule has 2 nitrogen and oxygen atoms in total. The van der Waals surface area contributed by atoms with Crippen LogP contribution >= 0.6 is 0 Å². The highest BCUT2D eigenvalue weighted by atomic mass is 15.1. The topological polar surface area (TPSA) is 15.3 Å². The standard InChI is InChI=1S/C16H28N2/c1-6-13(3)15(17-5)12-18(7-2)16-11-9-8-10-14(16)4/h8-11,13,15,17H,6-7,12H2,1-5H3. The van der Waals surface area contributed by atoms with Crippen molar-refractivity contribution in [2.24, 2.45) is 5.92 Å². The summed E-state index contributed by atoms with van der Waals surface area (Å²) >= 11 is 0. The van der Waals surface area contributed by atoms with Gasteiger partial charge in [-0.2, -0.15) is 0 Å². The molecule has 0 aliphatic carbocycles. The van der Waals surface area contributed by atoms with Crippen LogP contribution in [0.5, 0.6) is 0 Å². The second-order valence-electron chi connectivity index (χ2n) is 5.11. The van der Waals surface area contributed by atoms with Crippen LogP contribution in [0.2, 0.25) is 0 Å². The molecule has 1 rings (SSSR count). The fraction of sp³-hybridized carbons (Fsp3) is 0.625. The van der Waals surface area contributed by atoms with Crippen molar-refractivity contribution >= 4 is 5.69 Å². The summed E-state index contributed by atoms with van der Waals surface area (Å²) in [4.78, 5) is 2.47. The number of rotatable bonds is 7. The van der Waals surface area contributed by atoms with Crippen molar-refractivity contribution in [3.63, 3.8) is 0 Å². The molecule has 102 valence electrons. The molecule has 0 amide bonds. The fourth-order valence-corrected chi connectivity index (χ4v) is 2.39. The molecule has 2 atom stereocenters. The molecule has 2 unspecified atom stereocenters. The molecule has 0 aliphatic heterocycles. The van der Waals surface area contributed by atoms with Gasteiger partial charge in [-0.3, -0.25) is 0 Å². The minimum absolute atomic E-state index is 0.551. The Balaban J connectivity index is 2.81. The Bertz CT molecular complexity index is 349. The predicted molar refractivity (Wildman–Crippen MR) is 81.4 cm³/mol. The Labute approximate surface area is 112 Å². The zero-order chi connectivity index (χ0) is 13.5. The summed E-state index contributed by atoms with van der Waals surface area (Å²) in [6.07, 6.45) is 1.22. The zero-order valence-electron chi connectivity index (χ0n) is 12.5. The highest BCUT2D eigenvalue weighted by Gasteiger charge is 2.17. The molecule has 1 aromatic rings. The highest BCUT2D eigenvalue weighted by Crippen LogP contribution is 2.20. The monoisotopic (exact) mass is 248 g/mol. The highest BCUT2D eigenvalue weighted by molar-refractivity contribution is 5.53. The van der Waals surface area contributed by atoms with Crippen molar-refractivity contribution in [1.29, 1.82) is 0 Å². The second kappa shape index (κ2) is 7.42. The SMILES string of the molecule is CCC(C)C(CN(CC)c1ccccc1C)NC. The molecule has 0 radical (unpaired) electrons. The largest absolute Gasteiger partial charge is 0.370 e. The van der Waals surface area contributed by atoms with Crippen molar-refractivity contribution in [2.45, 2.75) is 40.2 Å². The smallest absolute Gasteiger partial charge is 0.0396 e. The van der Waals surface area contributed by atoms with Gasteiger partial charge in [-0.25, -0.2) is 0 Å². The Morgan fingerprint density at radius 2 is 1.89 bits per heavy atom. The molecule has 1 aromatic carbocycles. The number of hydrogen-bond donors (Lipinski definition) is 1. The van der Waals surface area contributed by atoms with Crippen molar-refractivity contribution < 1.29 is 0 Å². The molecule has 2 heteroatoms. The molecule has 0 aliphatic rings. The third kappa shape index (κ3) is 3.74. The second-order valence-corrected chi connectivity index (χ2v) is 5.11. The lowest BCUT2D eigenvalue weighted by molar-refractivity contribution is 0.388. The zero-order valence-corrected chi connectivity index (χ0v) is 12.5. The third-order valence-electron chi connectivity index (χ3n) is 3.96. The lowest BCUT2D eigenvalue weighted by Crippen LogP contribution is -2.43. The maximum atomic E-state index is 3.47. The lowest BCUT2D eigenvalue weighted by Gasteiger charge is -2.32. The van der Waals surface area contributed by atoms with E-state index in [2.05, 4.69) is 69.2 Å². The average Bonchev–Trinajstić information content (AvgIpc) is 2.40. The minimum atomic E-state index is 0.551. The van der Waals surface area contributed by atoms with Gasteiger partial charge in [0.2, 0.25) is 0 Å². The van der Waals surface area contributed by atoms with Gasteiger partial charge in [0.15, 0.2) is 0 Å². The van der Waals surface area contributed by atoms with Crippen molar-refractivity contribution in [2.75, 3.05) is 25.0 Å². The quantitative estimate of drug-likeness (QED) is 0.795. The first kappa shape index (κ1) is 15.0. The molecule has 0 fully saturated rings. The van der Waals surface area contributed by atoms with Crippen LogP contribution < -0.4 is 10.2 Å². The van der Waals surface area contributed by atoms with Crippen molar-refractivity contribution in [1.82, 2.24) is 5.32 Å². The number of nitrogens with zero attached hydrogens (tertiary/aromatic N) is 1. The Morgan fingerprint density at radius 1 is 1.22 bits per heavy atom. The summed E-state index contributed by atoms with van der Waals surface area (Å²) in [5, 5.41) is 3.47. The van der Waals surface area contributed by atoms with Crippen LogP contribution in [0, 0.1) is 12.8 Å². The predicted octanol–water partition coefficient (Wildman–Crippen LogP) is 3.46. The molecule has 1 N–H and O–H groups in total. The van der Waals surface area contributed by atoms with Crippen LogP contribution in [0.4, 0.5) is 5.69 Å². The van der Waals surface area contributed by atoms with E-state index in [0.29, 0.717) is 12.0 Å². The first-order chi connectivity index (χ1) is 8.63. The molecule has 0 spiro atoms. The summed E-state index contributed by atoms with van der Waals surface area (Å²) < 4.78 is 0. The maximum absolute atomic E-state index is 3.47. The minimum Gasteiger partial charge on any atom is -0.370 e. The molecule has 0 saturated heterocycles.